The summed E-state index contributed by atoms with van der Waals surface area (Å²) in [6.45, 7) is 0. The Labute approximate surface area is 167 Å². The normalized spacial score (nSPS) is 15.8. The van der Waals surface area contributed by atoms with Crippen LogP contribution in [0.25, 0.3) is 28.5 Å². The van der Waals surface area contributed by atoms with Crippen LogP contribution in [0.2, 0.25) is 0 Å². The predicted octanol–water partition coefficient (Wildman–Crippen LogP) is 4.83. The highest BCUT2D eigenvalue weighted by molar-refractivity contribution is 6.31. The number of carbonyl (C=O) groups excluding carboxylic acids is 1. The van der Waals surface area contributed by atoms with Gasteiger partial charge in [0.25, 0.3) is 0 Å². The van der Waals surface area contributed by atoms with E-state index >= 15 is 0 Å². The lowest BCUT2D eigenvalue weighted by Crippen LogP contribution is -2.32. The topological polar surface area (TPSA) is 26.3 Å². The highest BCUT2D eigenvalue weighted by Crippen LogP contribution is 2.29. The number of benzene rings is 4. The summed E-state index contributed by atoms with van der Waals surface area (Å²) >= 11 is 0. The van der Waals surface area contributed by atoms with Crippen molar-refractivity contribution in [1.29, 1.82) is 0 Å². The van der Waals surface area contributed by atoms with Gasteiger partial charge in [-0.1, -0.05) is 60.7 Å². The van der Waals surface area contributed by atoms with Crippen LogP contribution in [0.1, 0.15) is 21.5 Å². The maximum atomic E-state index is 13.4. The van der Waals surface area contributed by atoms with E-state index < -0.39 is 0 Å². The number of ether oxygens (including phenoxy) is 1. The molecule has 1 aliphatic heterocycles. The van der Waals surface area contributed by atoms with Gasteiger partial charge in [0.2, 0.25) is 0 Å². The number of rotatable bonds is 0. The second-order valence-corrected chi connectivity index (χ2v) is 7.36. The first-order valence-corrected chi connectivity index (χ1v) is 9.65. The van der Waals surface area contributed by atoms with Crippen molar-refractivity contribution in [3.8, 4) is 11.5 Å². The third-order valence-corrected chi connectivity index (χ3v) is 5.63. The highest BCUT2D eigenvalue weighted by atomic mass is 16.5. The van der Waals surface area contributed by atoms with Gasteiger partial charge < -0.3 is 4.74 Å². The maximum absolute atomic E-state index is 13.4. The van der Waals surface area contributed by atoms with Gasteiger partial charge in [-0.05, 0) is 58.0 Å². The van der Waals surface area contributed by atoms with Gasteiger partial charge >= 0.3 is 0 Å². The van der Waals surface area contributed by atoms with Gasteiger partial charge in [-0.15, -0.1) is 0 Å². The average Bonchev–Trinajstić information content (AvgIpc) is 2.77. The molecule has 4 aromatic rings. The Balaban J connectivity index is 1.63. The first kappa shape index (κ1) is 16.1. The first-order valence-electron chi connectivity index (χ1n) is 9.65. The lowest BCUT2D eigenvalue weighted by Gasteiger charge is -2.17. The summed E-state index contributed by atoms with van der Waals surface area (Å²) in [6.07, 6.45) is 6.08. The van der Waals surface area contributed by atoms with E-state index in [4.69, 9.17) is 4.74 Å². The zero-order chi connectivity index (χ0) is 19.4. The number of carbonyl (C=O) groups is 1. The van der Waals surface area contributed by atoms with Crippen LogP contribution in [-0.2, 0) is 0 Å². The number of hydrogen-bond donors (Lipinski definition) is 0. The van der Waals surface area contributed by atoms with Crippen LogP contribution >= 0.6 is 0 Å². The molecule has 29 heavy (non-hydrogen) atoms. The van der Waals surface area contributed by atoms with E-state index in [9.17, 15) is 4.79 Å². The molecule has 0 unspecified atom stereocenters. The summed E-state index contributed by atoms with van der Waals surface area (Å²) < 4.78 is 6.09. The molecule has 0 aromatic heterocycles. The second kappa shape index (κ2) is 6.05. The quantitative estimate of drug-likeness (QED) is 0.389. The van der Waals surface area contributed by atoms with E-state index in [0.29, 0.717) is 5.57 Å². The third-order valence-electron chi connectivity index (χ3n) is 5.63. The molecule has 0 saturated carbocycles. The standard InChI is InChI=1S/C27H16O2/c28-27-22(13-12-19-14-17-6-1-2-7-18(17)15-23(19)27)21-9-5-11-26-24(21)16-20-8-3-4-10-25(20)29-26/h1-16H. The van der Waals surface area contributed by atoms with Crippen molar-refractivity contribution in [2.75, 3.05) is 0 Å². The molecule has 0 amide bonds. The zero-order valence-electron chi connectivity index (χ0n) is 15.6. The molecular formula is C27H16O2. The summed E-state index contributed by atoms with van der Waals surface area (Å²) in [5.41, 5.74) is 3.43. The van der Waals surface area contributed by atoms with Crippen LogP contribution in [0.15, 0.2) is 84.9 Å². The molecule has 4 aromatic carbocycles. The molecule has 2 aliphatic rings. The Hall–Kier alpha value is -3.91. The summed E-state index contributed by atoms with van der Waals surface area (Å²) in [6, 6.07) is 26.1. The minimum absolute atomic E-state index is 0.0499. The summed E-state index contributed by atoms with van der Waals surface area (Å²) in [7, 11) is 0. The van der Waals surface area contributed by atoms with E-state index in [0.717, 1.165) is 49.4 Å². The minimum Gasteiger partial charge on any atom is -0.456 e. The predicted molar refractivity (Wildman–Crippen MR) is 116 cm³/mol. The molecule has 1 aliphatic carbocycles. The monoisotopic (exact) mass is 372 g/mol. The van der Waals surface area contributed by atoms with Crippen LogP contribution in [-0.4, -0.2) is 5.78 Å². The van der Waals surface area contributed by atoms with E-state index in [1.165, 1.54) is 0 Å². The highest BCUT2D eigenvalue weighted by Gasteiger charge is 2.20. The van der Waals surface area contributed by atoms with Crippen LogP contribution in [0.4, 0.5) is 0 Å². The van der Waals surface area contributed by atoms with Gasteiger partial charge in [0.1, 0.15) is 11.5 Å². The van der Waals surface area contributed by atoms with Gasteiger partial charge in [-0.25, -0.2) is 0 Å². The molecule has 0 N–H and O–H groups in total. The summed E-state index contributed by atoms with van der Waals surface area (Å²) in [4.78, 5) is 13.4. The molecule has 2 heteroatoms. The van der Waals surface area contributed by atoms with Gasteiger partial charge in [0.05, 0.1) is 0 Å². The fraction of sp³-hybridized carbons (Fsp3) is 0. The van der Waals surface area contributed by atoms with E-state index in [2.05, 4.69) is 18.2 Å². The third kappa shape index (κ3) is 2.46. The van der Waals surface area contributed by atoms with Crippen molar-refractivity contribution in [2.45, 2.75) is 0 Å². The Morgan fingerprint density at radius 1 is 0.655 bits per heavy atom. The van der Waals surface area contributed by atoms with Crippen LogP contribution in [0, 0.1) is 0 Å². The van der Waals surface area contributed by atoms with Crippen LogP contribution in [0.3, 0.4) is 0 Å². The molecule has 0 fully saturated rings. The van der Waals surface area contributed by atoms with Crippen molar-refractivity contribution in [1.82, 2.24) is 0 Å². The average molecular weight is 372 g/mol. The zero-order valence-corrected chi connectivity index (χ0v) is 15.6. The Morgan fingerprint density at radius 2 is 1.41 bits per heavy atom. The minimum atomic E-state index is 0.0499. The van der Waals surface area contributed by atoms with Crippen LogP contribution in [0.5, 0.6) is 11.5 Å². The lowest BCUT2D eigenvalue weighted by molar-refractivity contribution is 0.105. The number of allylic oxidation sites excluding steroid dienone is 1. The Bertz CT molecular complexity index is 1490. The molecule has 0 spiro atoms. The molecular weight excluding hydrogens is 356 g/mol. The smallest absolute Gasteiger partial charge is 0.194 e. The van der Waals surface area contributed by atoms with Crippen molar-refractivity contribution >= 4 is 34.3 Å². The Morgan fingerprint density at radius 3 is 2.31 bits per heavy atom. The lowest BCUT2D eigenvalue weighted by atomic mass is 9.88. The van der Waals surface area contributed by atoms with Gasteiger partial charge in [-0.2, -0.15) is 0 Å². The molecule has 0 bridgehead atoms. The van der Waals surface area contributed by atoms with E-state index in [1.54, 1.807) is 0 Å². The molecule has 0 radical (unpaired) electrons. The van der Waals surface area contributed by atoms with Gasteiger partial charge in [0, 0.05) is 21.9 Å². The number of hydrogen-bond acceptors (Lipinski definition) is 2. The molecule has 0 atom stereocenters. The number of fused-ring (bicyclic) bond motifs is 4. The molecule has 136 valence electrons. The van der Waals surface area contributed by atoms with E-state index in [-0.39, 0.29) is 5.78 Å². The van der Waals surface area contributed by atoms with Crippen molar-refractivity contribution in [3.63, 3.8) is 0 Å². The fourth-order valence-corrected chi connectivity index (χ4v) is 4.18. The van der Waals surface area contributed by atoms with Gasteiger partial charge in [-0.3, -0.25) is 4.79 Å². The molecule has 2 nitrogen and oxygen atoms in total. The molecule has 0 saturated heterocycles. The Kier molecular flexibility index (Phi) is 3.35. The van der Waals surface area contributed by atoms with Crippen LogP contribution < -0.4 is 15.2 Å². The van der Waals surface area contributed by atoms with Crippen molar-refractivity contribution in [3.05, 3.63) is 112 Å². The summed E-state index contributed by atoms with van der Waals surface area (Å²) in [5, 5.41) is 4.07. The number of para-hydroxylation sites is 1. The molecule has 6 rings (SSSR count). The maximum Gasteiger partial charge on any atom is 0.194 e. The largest absolute Gasteiger partial charge is 0.456 e. The molecule has 1 heterocycles. The second-order valence-electron chi connectivity index (χ2n) is 7.36. The van der Waals surface area contributed by atoms with E-state index in [1.807, 2.05) is 78.9 Å². The SMILES string of the molecule is O=C1C(=c2cccc3c2=Cc2ccccc2O3)C=Cc2cc3ccccc3cc21. The summed E-state index contributed by atoms with van der Waals surface area (Å²) in [5.74, 6) is 1.66. The van der Waals surface area contributed by atoms with Crippen molar-refractivity contribution in [2.24, 2.45) is 0 Å². The van der Waals surface area contributed by atoms with Crippen molar-refractivity contribution < 1.29 is 9.53 Å². The van der Waals surface area contributed by atoms with Gasteiger partial charge in [0.15, 0.2) is 5.78 Å². The number of ketones is 1. The fourth-order valence-electron chi connectivity index (χ4n) is 4.18. The number of Topliss-reactive ketones (excluding diaryl/α,β-unsaturated/α-hetero) is 1. The first-order chi connectivity index (χ1) is 14.3.